The third-order valence-corrected chi connectivity index (χ3v) is 5.43. The lowest BCUT2D eigenvalue weighted by Gasteiger charge is -2.26. The fraction of sp³-hybridized carbons (Fsp3) is 0.520. The molecule has 178 valence electrons. The molecule has 0 bridgehead atoms. The molecule has 0 amide bonds. The second-order valence-electron chi connectivity index (χ2n) is 7.86. The molecule has 32 heavy (non-hydrogen) atoms. The molecule has 1 N–H and O–H groups in total. The summed E-state index contributed by atoms with van der Waals surface area (Å²) in [6, 6.07) is 16.1. The van der Waals surface area contributed by atoms with Gasteiger partial charge in [0.25, 0.3) is 0 Å². The Morgan fingerprint density at radius 2 is 1.22 bits per heavy atom. The Labute approximate surface area is 196 Å². The van der Waals surface area contributed by atoms with Crippen LogP contribution in [0.4, 0.5) is 0 Å². The summed E-state index contributed by atoms with van der Waals surface area (Å²) < 4.78 is 27.1. The molecule has 2 aromatic rings. The molecule has 0 saturated carbocycles. The van der Waals surface area contributed by atoms with Crippen molar-refractivity contribution < 1.29 is 28.8 Å². The van der Waals surface area contributed by atoms with Crippen molar-refractivity contribution in [2.75, 3.05) is 59.2 Å². The minimum atomic E-state index is -0.666. The zero-order chi connectivity index (χ0) is 23.2. The van der Waals surface area contributed by atoms with E-state index >= 15 is 0 Å². The van der Waals surface area contributed by atoms with Crippen molar-refractivity contribution in [1.29, 1.82) is 0 Å². The first-order valence-corrected chi connectivity index (χ1v) is 11.4. The number of hydrogen-bond donors (Lipinski definition) is 1. The van der Waals surface area contributed by atoms with E-state index in [4.69, 9.17) is 35.3 Å². The van der Waals surface area contributed by atoms with E-state index < -0.39 is 6.10 Å². The second-order valence-corrected chi connectivity index (χ2v) is 8.17. The normalized spacial score (nSPS) is 12.5. The van der Waals surface area contributed by atoms with E-state index in [1.165, 1.54) is 5.56 Å². The zero-order valence-electron chi connectivity index (χ0n) is 19.2. The molecular formula is C25H35ClO6. The van der Waals surface area contributed by atoms with Crippen molar-refractivity contribution in [2.24, 2.45) is 0 Å². The van der Waals surface area contributed by atoms with Gasteiger partial charge in [-0.2, -0.15) is 0 Å². The van der Waals surface area contributed by atoms with Crippen LogP contribution < -0.4 is 9.47 Å². The van der Waals surface area contributed by atoms with Crippen LogP contribution in [0.3, 0.4) is 0 Å². The molecule has 7 heteroatoms. The Kier molecular flexibility index (Phi) is 11.8. The molecule has 6 nitrogen and oxygen atoms in total. The van der Waals surface area contributed by atoms with E-state index in [1.54, 1.807) is 7.11 Å². The van der Waals surface area contributed by atoms with Gasteiger partial charge >= 0.3 is 0 Å². The molecule has 0 aromatic heterocycles. The number of ether oxygens (including phenoxy) is 5. The van der Waals surface area contributed by atoms with Crippen molar-refractivity contribution in [3.63, 3.8) is 0 Å². The van der Waals surface area contributed by atoms with E-state index in [2.05, 4.69) is 26.0 Å². The number of hydrogen-bond acceptors (Lipinski definition) is 6. The minimum absolute atomic E-state index is 0.155. The molecule has 0 heterocycles. The van der Waals surface area contributed by atoms with E-state index in [-0.39, 0.29) is 17.9 Å². The van der Waals surface area contributed by atoms with Crippen molar-refractivity contribution in [3.05, 3.63) is 59.7 Å². The van der Waals surface area contributed by atoms with Gasteiger partial charge in [-0.25, -0.2) is 0 Å². The highest BCUT2D eigenvalue weighted by atomic mass is 35.5. The van der Waals surface area contributed by atoms with Gasteiger partial charge in [-0.1, -0.05) is 38.1 Å². The molecule has 2 aromatic carbocycles. The van der Waals surface area contributed by atoms with Gasteiger partial charge < -0.3 is 28.8 Å². The minimum Gasteiger partial charge on any atom is -0.491 e. The summed E-state index contributed by atoms with van der Waals surface area (Å²) in [7, 11) is 1.65. The molecule has 0 spiro atoms. The van der Waals surface area contributed by atoms with Gasteiger partial charge in [-0.15, -0.1) is 11.6 Å². The number of rotatable bonds is 16. The molecular weight excluding hydrogens is 432 g/mol. The molecule has 1 unspecified atom stereocenters. The third kappa shape index (κ3) is 8.96. The molecule has 0 aliphatic heterocycles. The summed E-state index contributed by atoms with van der Waals surface area (Å²) in [6.45, 7) is 7.80. The summed E-state index contributed by atoms with van der Waals surface area (Å²) in [5, 5.41) is 9.52. The average molecular weight is 467 g/mol. The van der Waals surface area contributed by atoms with Crippen molar-refractivity contribution in [1.82, 2.24) is 0 Å². The second kappa shape index (κ2) is 14.3. The summed E-state index contributed by atoms with van der Waals surface area (Å²) in [4.78, 5) is 0. The number of halogens is 1. The predicted octanol–water partition coefficient (Wildman–Crippen LogP) is 4.05. The van der Waals surface area contributed by atoms with E-state index in [9.17, 15) is 5.11 Å². The van der Waals surface area contributed by atoms with E-state index in [1.807, 2.05) is 36.4 Å². The molecule has 0 fully saturated rings. The molecule has 0 radical (unpaired) electrons. The van der Waals surface area contributed by atoms with Crippen LogP contribution in [0.5, 0.6) is 11.5 Å². The molecule has 0 saturated heterocycles. The Morgan fingerprint density at radius 1 is 0.750 bits per heavy atom. The van der Waals surface area contributed by atoms with Gasteiger partial charge in [0.2, 0.25) is 0 Å². The standard InChI is InChI=1S/C25H35ClO6/c1-25(2,21-6-10-24(11-7-21)32-19-22(27)18-26)20-4-8-23(9-5-20)31-17-16-30-15-14-29-13-12-28-3/h4-11,22,27H,12-19H2,1-3H3. The van der Waals surface area contributed by atoms with Crippen LogP contribution in [0.2, 0.25) is 0 Å². The summed E-state index contributed by atoms with van der Waals surface area (Å²) in [5.74, 6) is 1.68. The Hall–Kier alpha value is -1.83. The van der Waals surface area contributed by atoms with Crippen LogP contribution in [0.25, 0.3) is 0 Å². The highest BCUT2D eigenvalue weighted by molar-refractivity contribution is 6.18. The van der Waals surface area contributed by atoms with E-state index in [0.29, 0.717) is 45.4 Å². The zero-order valence-corrected chi connectivity index (χ0v) is 20.0. The molecule has 0 aliphatic carbocycles. The molecule has 1 atom stereocenters. The lowest BCUT2D eigenvalue weighted by atomic mass is 9.78. The van der Waals surface area contributed by atoms with Gasteiger partial charge in [0.05, 0.1) is 38.9 Å². The van der Waals surface area contributed by atoms with Crippen LogP contribution in [-0.4, -0.2) is 70.4 Å². The third-order valence-electron chi connectivity index (χ3n) is 5.07. The monoisotopic (exact) mass is 466 g/mol. The largest absolute Gasteiger partial charge is 0.491 e. The smallest absolute Gasteiger partial charge is 0.119 e. The maximum atomic E-state index is 9.52. The quantitative estimate of drug-likeness (QED) is 0.297. The van der Waals surface area contributed by atoms with Gasteiger partial charge in [-0.3, -0.25) is 0 Å². The Morgan fingerprint density at radius 3 is 1.72 bits per heavy atom. The van der Waals surface area contributed by atoms with Crippen LogP contribution in [0, 0.1) is 0 Å². The van der Waals surface area contributed by atoms with Crippen LogP contribution in [0.15, 0.2) is 48.5 Å². The highest BCUT2D eigenvalue weighted by Gasteiger charge is 2.23. The fourth-order valence-corrected chi connectivity index (χ4v) is 3.11. The fourth-order valence-electron chi connectivity index (χ4n) is 3.02. The van der Waals surface area contributed by atoms with Crippen LogP contribution >= 0.6 is 11.6 Å². The number of methoxy groups -OCH3 is 1. The first-order chi connectivity index (χ1) is 15.5. The SMILES string of the molecule is COCCOCCOCCOc1ccc(C(C)(C)c2ccc(OCC(O)CCl)cc2)cc1. The number of aliphatic hydroxyl groups is 1. The molecule has 0 aliphatic rings. The maximum Gasteiger partial charge on any atom is 0.119 e. The Balaban J connectivity index is 1.78. The number of aliphatic hydroxyl groups excluding tert-OH is 1. The predicted molar refractivity (Wildman–Crippen MR) is 126 cm³/mol. The van der Waals surface area contributed by atoms with Crippen molar-refractivity contribution in [3.8, 4) is 11.5 Å². The summed E-state index contributed by atoms with van der Waals surface area (Å²) in [6.07, 6.45) is -0.666. The first-order valence-electron chi connectivity index (χ1n) is 10.8. The number of benzene rings is 2. The van der Waals surface area contributed by atoms with Gasteiger partial charge in [-0.05, 0) is 35.4 Å². The van der Waals surface area contributed by atoms with Gasteiger partial charge in [0, 0.05) is 12.5 Å². The number of alkyl halides is 1. The Bertz CT molecular complexity index is 748. The first kappa shape index (κ1) is 26.4. The molecule has 2 rings (SSSR count). The van der Waals surface area contributed by atoms with E-state index in [0.717, 1.165) is 11.3 Å². The lowest BCUT2D eigenvalue weighted by Crippen LogP contribution is -2.20. The van der Waals surface area contributed by atoms with Crippen LogP contribution in [-0.2, 0) is 19.6 Å². The van der Waals surface area contributed by atoms with Gasteiger partial charge in [0.1, 0.15) is 30.8 Å². The summed E-state index contributed by atoms with van der Waals surface area (Å²) >= 11 is 5.60. The maximum absolute atomic E-state index is 9.52. The topological polar surface area (TPSA) is 66.4 Å². The summed E-state index contributed by atoms with van der Waals surface area (Å²) in [5.41, 5.74) is 2.16. The van der Waals surface area contributed by atoms with Crippen molar-refractivity contribution >= 4 is 11.6 Å². The van der Waals surface area contributed by atoms with Crippen LogP contribution in [0.1, 0.15) is 25.0 Å². The highest BCUT2D eigenvalue weighted by Crippen LogP contribution is 2.33. The average Bonchev–Trinajstić information content (AvgIpc) is 2.82. The van der Waals surface area contributed by atoms with Crippen molar-refractivity contribution in [2.45, 2.75) is 25.4 Å². The van der Waals surface area contributed by atoms with Gasteiger partial charge in [0.15, 0.2) is 0 Å². The lowest BCUT2D eigenvalue weighted by molar-refractivity contribution is 0.0180.